The lowest BCUT2D eigenvalue weighted by atomic mass is 9.97. The molecule has 10 heteroatoms. The predicted molar refractivity (Wildman–Crippen MR) is 128 cm³/mol. The van der Waals surface area contributed by atoms with Gasteiger partial charge >= 0.3 is 5.97 Å². The number of carboxylic acids is 1. The summed E-state index contributed by atoms with van der Waals surface area (Å²) >= 11 is 0. The van der Waals surface area contributed by atoms with Crippen molar-refractivity contribution in [2.45, 2.75) is 25.3 Å². The third kappa shape index (κ3) is 5.37. The Morgan fingerprint density at radius 3 is 2.66 bits per heavy atom. The maximum atomic E-state index is 12.8. The largest absolute Gasteiger partial charge is 0.480 e. The highest BCUT2D eigenvalue weighted by atomic mass is 16.4. The number of aromatic nitrogens is 1. The minimum absolute atomic E-state index is 0.00415. The number of carbonyl (C=O) groups is 4. The summed E-state index contributed by atoms with van der Waals surface area (Å²) in [5.41, 5.74) is 3.27. The molecule has 180 valence electrons. The molecule has 0 radical (unpaired) electrons. The number of hydrogen-bond donors (Lipinski definition) is 4. The van der Waals surface area contributed by atoms with Gasteiger partial charge in [0.05, 0.1) is 12.1 Å². The highest BCUT2D eigenvalue weighted by Gasteiger charge is 2.39. The Hall–Kier alpha value is -4.47. The fraction of sp³-hybridized carbons (Fsp3) is 0.240. The Kier molecular flexibility index (Phi) is 6.91. The molecular formula is C25H25N5O5. The van der Waals surface area contributed by atoms with Gasteiger partial charge in [0.1, 0.15) is 12.6 Å². The Labute approximate surface area is 200 Å². The number of aliphatic carboxylic acids is 1. The van der Waals surface area contributed by atoms with Gasteiger partial charge in [0.15, 0.2) is 0 Å². The molecule has 5 N–H and O–H groups in total. The lowest BCUT2D eigenvalue weighted by molar-refractivity contribution is -0.144. The van der Waals surface area contributed by atoms with Gasteiger partial charge in [-0.1, -0.05) is 42.5 Å². The normalized spacial score (nSPS) is 16.8. The highest BCUT2D eigenvalue weighted by Crippen LogP contribution is 2.24. The van der Waals surface area contributed by atoms with Crippen molar-refractivity contribution in [2.75, 3.05) is 6.54 Å². The summed E-state index contributed by atoms with van der Waals surface area (Å²) in [6.45, 7) is -0.516. The number of H-pyrrole nitrogens is 1. The van der Waals surface area contributed by atoms with E-state index < -0.39 is 42.2 Å². The number of nitrogens with two attached hydrogens (primary N) is 1. The summed E-state index contributed by atoms with van der Waals surface area (Å²) in [4.78, 5) is 53.7. The smallest absolute Gasteiger partial charge is 0.326 e. The average molecular weight is 476 g/mol. The van der Waals surface area contributed by atoms with E-state index in [1.807, 2.05) is 36.4 Å². The molecule has 2 aromatic carbocycles. The van der Waals surface area contributed by atoms with Crippen LogP contribution < -0.4 is 11.2 Å². The fourth-order valence-electron chi connectivity index (χ4n) is 4.29. The molecule has 10 nitrogen and oxygen atoms in total. The first-order valence-corrected chi connectivity index (χ1v) is 11.1. The molecule has 0 spiro atoms. The van der Waals surface area contributed by atoms with E-state index in [9.17, 15) is 24.3 Å². The van der Waals surface area contributed by atoms with E-state index in [1.165, 1.54) is 6.21 Å². The van der Waals surface area contributed by atoms with Crippen LogP contribution >= 0.6 is 0 Å². The molecule has 1 aromatic heterocycles. The van der Waals surface area contributed by atoms with Crippen LogP contribution in [0, 0.1) is 5.92 Å². The lowest BCUT2D eigenvalue weighted by Crippen LogP contribution is -2.47. The summed E-state index contributed by atoms with van der Waals surface area (Å²) in [6.07, 6.45) is 3.61. The van der Waals surface area contributed by atoms with Crippen LogP contribution in [-0.4, -0.2) is 57.5 Å². The second-order valence-corrected chi connectivity index (χ2v) is 8.47. The molecule has 1 aliphatic heterocycles. The van der Waals surface area contributed by atoms with E-state index in [4.69, 9.17) is 5.84 Å². The first kappa shape index (κ1) is 23.7. The van der Waals surface area contributed by atoms with Crippen LogP contribution in [-0.2, 0) is 32.0 Å². The van der Waals surface area contributed by atoms with Crippen molar-refractivity contribution >= 4 is 40.8 Å². The van der Waals surface area contributed by atoms with Crippen LogP contribution in [0.1, 0.15) is 23.1 Å². The van der Waals surface area contributed by atoms with E-state index >= 15 is 0 Å². The van der Waals surface area contributed by atoms with Crippen molar-refractivity contribution in [1.29, 1.82) is 0 Å². The third-order valence-corrected chi connectivity index (χ3v) is 6.06. The number of amides is 3. The summed E-state index contributed by atoms with van der Waals surface area (Å²) < 4.78 is 0. The number of hydrazone groups is 1. The summed E-state index contributed by atoms with van der Waals surface area (Å²) in [6, 6.07) is 13.5. The van der Waals surface area contributed by atoms with Crippen LogP contribution in [0.2, 0.25) is 0 Å². The number of nitrogens with one attached hydrogen (secondary N) is 2. The number of para-hydroxylation sites is 1. The maximum Gasteiger partial charge on any atom is 0.326 e. The number of benzene rings is 2. The highest BCUT2D eigenvalue weighted by molar-refractivity contribution is 6.06. The molecule has 1 aliphatic rings. The number of imide groups is 1. The SMILES string of the molecule is NN=Cc1ccc(CC2CC(=O)N(CC(=O)N[C@@H](Cc3c[nH]c4ccccc34)C(=O)O)C2=O)cc1. The summed E-state index contributed by atoms with van der Waals surface area (Å²) in [5, 5.41) is 16.4. The number of nitrogens with zero attached hydrogens (tertiary/aromatic N) is 2. The molecule has 0 aliphatic carbocycles. The summed E-state index contributed by atoms with van der Waals surface area (Å²) in [7, 11) is 0. The van der Waals surface area contributed by atoms with Gasteiger partial charge in [-0.05, 0) is 29.2 Å². The van der Waals surface area contributed by atoms with Gasteiger partial charge < -0.3 is 21.2 Å². The number of carboxylic acid groups (broad SMARTS) is 1. The molecular weight excluding hydrogens is 450 g/mol. The zero-order valence-electron chi connectivity index (χ0n) is 18.8. The molecule has 3 amide bonds. The minimum atomic E-state index is -1.21. The van der Waals surface area contributed by atoms with Gasteiger partial charge in [0.2, 0.25) is 17.7 Å². The van der Waals surface area contributed by atoms with Crippen molar-refractivity contribution in [3.05, 3.63) is 71.4 Å². The van der Waals surface area contributed by atoms with Gasteiger partial charge in [-0.25, -0.2) is 4.79 Å². The standard InChI is InChI=1S/C25H25N5O5/c26-28-12-16-7-5-15(6-8-16)9-17-11-23(32)30(24(17)33)14-22(31)29-21(25(34)35)10-18-13-27-20-4-2-1-3-19(18)20/h1-8,12-13,17,21,27H,9-11,14,26H2,(H,29,31)(H,34,35)/t17?,21-/m0/s1. The van der Waals surface area contributed by atoms with Gasteiger partial charge in [-0.3, -0.25) is 19.3 Å². The number of carbonyl (C=O) groups excluding carboxylic acids is 3. The van der Waals surface area contributed by atoms with Crippen LogP contribution in [0.3, 0.4) is 0 Å². The van der Waals surface area contributed by atoms with Crippen LogP contribution in [0.4, 0.5) is 0 Å². The maximum absolute atomic E-state index is 12.8. The van der Waals surface area contributed by atoms with Crippen molar-refractivity contribution < 1.29 is 24.3 Å². The van der Waals surface area contributed by atoms with Crippen molar-refractivity contribution in [2.24, 2.45) is 16.9 Å². The van der Waals surface area contributed by atoms with Gasteiger partial charge in [0.25, 0.3) is 0 Å². The van der Waals surface area contributed by atoms with E-state index in [1.54, 1.807) is 18.3 Å². The minimum Gasteiger partial charge on any atom is -0.480 e. The second-order valence-electron chi connectivity index (χ2n) is 8.47. The quantitative estimate of drug-likeness (QED) is 0.158. The monoisotopic (exact) mass is 475 g/mol. The number of fused-ring (bicyclic) bond motifs is 1. The first-order valence-electron chi connectivity index (χ1n) is 11.1. The van der Waals surface area contributed by atoms with Crippen molar-refractivity contribution in [3.8, 4) is 0 Å². The average Bonchev–Trinajstić information content (AvgIpc) is 3.36. The van der Waals surface area contributed by atoms with E-state index in [0.29, 0.717) is 6.42 Å². The molecule has 1 saturated heterocycles. The van der Waals surface area contributed by atoms with Gasteiger partial charge in [0, 0.05) is 29.9 Å². The molecule has 2 atom stereocenters. The van der Waals surface area contributed by atoms with E-state index in [2.05, 4.69) is 15.4 Å². The molecule has 0 saturated carbocycles. The molecule has 3 aromatic rings. The zero-order chi connectivity index (χ0) is 24.9. The van der Waals surface area contributed by atoms with Crippen molar-refractivity contribution in [3.63, 3.8) is 0 Å². The molecule has 0 bridgehead atoms. The molecule has 35 heavy (non-hydrogen) atoms. The van der Waals surface area contributed by atoms with Crippen molar-refractivity contribution in [1.82, 2.24) is 15.2 Å². The van der Waals surface area contributed by atoms with Gasteiger partial charge in [-0.2, -0.15) is 5.10 Å². The molecule has 4 rings (SSSR count). The molecule has 1 fully saturated rings. The first-order chi connectivity index (χ1) is 16.9. The predicted octanol–water partition coefficient (Wildman–Crippen LogP) is 1.19. The Balaban J connectivity index is 1.37. The van der Waals surface area contributed by atoms with E-state index in [0.717, 1.165) is 32.5 Å². The molecule has 2 heterocycles. The van der Waals surface area contributed by atoms with Crippen LogP contribution in [0.25, 0.3) is 10.9 Å². The number of likely N-dealkylation sites (tertiary alicyclic amines) is 1. The second kappa shape index (κ2) is 10.2. The third-order valence-electron chi connectivity index (χ3n) is 6.06. The Morgan fingerprint density at radius 2 is 1.94 bits per heavy atom. The Bertz CT molecular complexity index is 1300. The number of hydrogen-bond acceptors (Lipinski definition) is 6. The fourth-order valence-corrected chi connectivity index (χ4v) is 4.29. The molecule has 1 unspecified atom stereocenters. The van der Waals surface area contributed by atoms with Crippen LogP contribution in [0.5, 0.6) is 0 Å². The summed E-state index contributed by atoms with van der Waals surface area (Å²) in [5.74, 6) is 1.75. The van der Waals surface area contributed by atoms with Gasteiger partial charge in [-0.15, -0.1) is 0 Å². The topological polar surface area (TPSA) is 158 Å². The van der Waals surface area contributed by atoms with E-state index in [-0.39, 0.29) is 12.8 Å². The number of rotatable bonds is 9. The zero-order valence-corrected chi connectivity index (χ0v) is 18.8. The number of aromatic amines is 1. The Morgan fingerprint density at radius 1 is 1.20 bits per heavy atom. The lowest BCUT2D eigenvalue weighted by Gasteiger charge is -2.18. The van der Waals surface area contributed by atoms with Crippen LogP contribution in [0.15, 0.2) is 59.8 Å².